The summed E-state index contributed by atoms with van der Waals surface area (Å²) in [4.78, 5) is 1.85. The molecule has 0 aromatic carbocycles. The normalized spacial score (nSPS) is 22.3. The van der Waals surface area contributed by atoms with Crippen molar-refractivity contribution in [2.75, 3.05) is 13.1 Å². The van der Waals surface area contributed by atoms with Crippen LogP contribution in [-0.4, -0.2) is 35.2 Å². The van der Waals surface area contributed by atoms with Crippen LogP contribution in [0.2, 0.25) is 0 Å². The first-order valence-electron chi connectivity index (χ1n) is 4.38. The van der Waals surface area contributed by atoms with Crippen molar-refractivity contribution < 1.29 is 5.11 Å². The Balaban J connectivity index is 2.34. The summed E-state index contributed by atoms with van der Waals surface area (Å²) in [6, 6.07) is 0. The molecule has 0 bridgehead atoms. The first kappa shape index (κ1) is 9.32. The number of likely N-dealkylation sites (tertiary alicyclic amines) is 1. The summed E-state index contributed by atoms with van der Waals surface area (Å²) in [6.07, 6.45) is 1.66. The van der Waals surface area contributed by atoms with Crippen LogP contribution in [-0.2, 0) is 0 Å². The maximum absolute atomic E-state index is 9.30. The predicted molar refractivity (Wildman–Crippen MR) is 47.9 cm³/mol. The van der Waals surface area contributed by atoms with E-state index in [-0.39, 0.29) is 12.1 Å². The summed E-state index contributed by atoms with van der Waals surface area (Å²) in [7, 11) is 0. The molecule has 0 saturated carbocycles. The van der Waals surface area contributed by atoms with E-state index in [1.165, 1.54) is 0 Å². The van der Waals surface area contributed by atoms with Crippen molar-refractivity contribution in [1.29, 1.82) is 5.41 Å². The van der Waals surface area contributed by atoms with Crippen molar-refractivity contribution in [1.82, 2.24) is 4.90 Å². The van der Waals surface area contributed by atoms with Gasteiger partial charge in [-0.3, -0.25) is 5.41 Å². The predicted octanol–water partition coefficient (Wildman–Crippen LogP) is -0.0273. The van der Waals surface area contributed by atoms with Gasteiger partial charge in [-0.2, -0.15) is 0 Å². The number of aliphatic hydroxyl groups excluding tert-OH is 1. The van der Waals surface area contributed by atoms with Gasteiger partial charge in [-0.05, 0) is 25.7 Å². The molecule has 1 fully saturated rings. The summed E-state index contributed by atoms with van der Waals surface area (Å²) in [5.74, 6) is 0.541. The van der Waals surface area contributed by atoms with E-state index in [0.717, 1.165) is 25.9 Å². The Morgan fingerprint density at radius 1 is 1.58 bits per heavy atom. The van der Waals surface area contributed by atoms with Gasteiger partial charge in [0.2, 0.25) is 0 Å². The monoisotopic (exact) mass is 171 g/mol. The molecule has 0 radical (unpaired) electrons. The molecule has 0 unspecified atom stereocenters. The lowest BCUT2D eigenvalue weighted by molar-refractivity contribution is 0.0885. The standard InChI is InChI=1S/C8H17N3O/c1-6(12)7-2-4-11(5-3-7)8(9)10/h6-7,12H,2-5H2,1H3,(H3,9,10)/t6-/m1/s1. The molecule has 1 atom stereocenters. The van der Waals surface area contributed by atoms with E-state index in [4.69, 9.17) is 11.1 Å². The molecule has 1 rings (SSSR count). The van der Waals surface area contributed by atoms with Crippen molar-refractivity contribution in [2.45, 2.75) is 25.9 Å². The third-order valence-electron chi connectivity index (χ3n) is 2.56. The molecule has 12 heavy (non-hydrogen) atoms. The highest BCUT2D eigenvalue weighted by atomic mass is 16.3. The first-order valence-corrected chi connectivity index (χ1v) is 4.38. The molecule has 0 aromatic rings. The molecular formula is C8H17N3O. The molecule has 4 heteroatoms. The fourth-order valence-electron chi connectivity index (χ4n) is 1.62. The maximum Gasteiger partial charge on any atom is 0.188 e. The summed E-state index contributed by atoms with van der Waals surface area (Å²) in [6.45, 7) is 3.45. The SMILES string of the molecule is C[C@@H](O)C1CCN(C(=N)N)CC1. The van der Waals surface area contributed by atoms with Gasteiger partial charge in [0.05, 0.1) is 6.10 Å². The van der Waals surface area contributed by atoms with Gasteiger partial charge in [-0.1, -0.05) is 0 Å². The number of nitrogens with two attached hydrogens (primary N) is 1. The van der Waals surface area contributed by atoms with Gasteiger partial charge < -0.3 is 15.7 Å². The molecule has 4 N–H and O–H groups in total. The zero-order valence-electron chi connectivity index (χ0n) is 7.45. The second-order valence-electron chi connectivity index (χ2n) is 3.45. The number of nitrogens with one attached hydrogen (secondary N) is 1. The molecule has 0 aliphatic carbocycles. The van der Waals surface area contributed by atoms with E-state index in [0.29, 0.717) is 5.92 Å². The van der Waals surface area contributed by atoms with Crippen molar-refractivity contribution in [3.63, 3.8) is 0 Å². The van der Waals surface area contributed by atoms with Gasteiger partial charge in [0.15, 0.2) is 5.96 Å². The lowest BCUT2D eigenvalue weighted by atomic mass is 9.92. The van der Waals surface area contributed by atoms with Gasteiger partial charge >= 0.3 is 0 Å². The van der Waals surface area contributed by atoms with E-state index >= 15 is 0 Å². The second-order valence-corrected chi connectivity index (χ2v) is 3.45. The summed E-state index contributed by atoms with van der Waals surface area (Å²) < 4.78 is 0. The molecule has 1 saturated heterocycles. The average molecular weight is 171 g/mol. The van der Waals surface area contributed by atoms with Crippen LogP contribution in [0.5, 0.6) is 0 Å². The van der Waals surface area contributed by atoms with Crippen molar-refractivity contribution in [3.05, 3.63) is 0 Å². The lowest BCUT2D eigenvalue weighted by Crippen LogP contribution is -2.43. The smallest absolute Gasteiger partial charge is 0.188 e. The summed E-state index contributed by atoms with van der Waals surface area (Å²) in [5.41, 5.74) is 5.34. The fourth-order valence-corrected chi connectivity index (χ4v) is 1.62. The van der Waals surface area contributed by atoms with Crippen LogP contribution >= 0.6 is 0 Å². The highest BCUT2D eigenvalue weighted by Crippen LogP contribution is 2.19. The Kier molecular flexibility index (Phi) is 2.92. The van der Waals surface area contributed by atoms with Gasteiger partial charge in [0.25, 0.3) is 0 Å². The highest BCUT2D eigenvalue weighted by molar-refractivity contribution is 5.74. The van der Waals surface area contributed by atoms with Gasteiger partial charge in [0.1, 0.15) is 0 Å². The van der Waals surface area contributed by atoms with Crippen molar-refractivity contribution in [2.24, 2.45) is 11.7 Å². The molecule has 0 spiro atoms. The minimum atomic E-state index is -0.223. The molecule has 1 aliphatic heterocycles. The minimum Gasteiger partial charge on any atom is -0.393 e. The van der Waals surface area contributed by atoms with Gasteiger partial charge in [-0.25, -0.2) is 0 Å². The van der Waals surface area contributed by atoms with Gasteiger partial charge in [-0.15, -0.1) is 0 Å². The molecular weight excluding hydrogens is 154 g/mol. The Bertz CT molecular complexity index is 162. The molecule has 0 amide bonds. The molecule has 0 aromatic heterocycles. The third-order valence-corrected chi connectivity index (χ3v) is 2.56. The zero-order valence-corrected chi connectivity index (χ0v) is 7.45. The maximum atomic E-state index is 9.30. The number of piperidine rings is 1. The number of hydrogen-bond acceptors (Lipinski definition) is 2. The highest BCUT2D eigenvalue weighted by Gasteiger charge is 2.22. The first-order chi connectivity index (χ1) is 5.61. The largest absolute Gasteiger partial charge is 0.393 e. The van der Waals surface area contributed by atoms with Crippen molar-refractivity contribution in [3.8, 4) is 0 Å². The van der Waals surface area contributed by atoms with Crippen LogP contribution in [0.25, 0.3) is 0 Å². The number of aliphatic hydroxyl groups is 1. The number of hydrogen-bond donors (Lipinski definition) is 3. The van der Waals surface area contributed by atoms with Crippen molar-refractivity contribution >= 4 is 5.96 Å². The van der Waals surface area contributed by atoms with Gasteiger partial charge in [0, 0.05) is 13.1 Å². The van der Waals surface area contributed by atoms with E-state index in [2.05, 4.69) is 0 Å². The van der Waals surface area contributed by atoms with Crippen LogP contribution in [0, 0.1) is 11.3 Å². The molecule has 4 nitrogen and oxygen atoms in total. The minimum absolute atomic E-state index is 0.152. The lowest BCUT2D eigenvalue weighted by Gasteiger charge is -2.33. The Hall–Kier alpha value is -0.770. The average Bonchev–Trinajstić information content (AvgIpc) is 2.04. The molecule has 1 heterocycles. The Morgan fingerprint density at radius 3 is 2.42 bits per heavy atom. The molecule has 70 valence electrons. The van der Waals surface area contributed by atoms with Crippen LogP contribution in [0.4, 0.5) is 0 Å². The summed E-state index contributed by atoms with van der Waals surface area (Å²) >= 11 is 0. The quantitative estimate of drug-likeness (QED) is 0.383. The Labute approximate surface area is 72.9 Å². The zero-order chi connectivity index (χ0) is 9.14. The fraction of sp³-hybridized carbons (Fsp3) is 0.875. The van der Waals surface area contributed by atoms with E-state index in [1.807, 2.05) is 11.8 Å². The summed E-state index contributed by atoms with van der Waals surface area (Å²) in [5, 5.41) is 16.5. The molecule has 1 aliphatic rings. The second kappa shape index (κ2) is 3.76. The van der Waals surface area contributed by atoms with Crippen LogP contribution in [0.15, 0.2) is 0 Å². The van der Waals surface area contributed by atoms with Crippen LogP contribution < -0.4 is 5.73 Å². The topological polar surface area (TPSA) is 73.3 Å². The van der Waals surface area contributed by atoms with Crippen LogP contribution in [0.1, 0.15) is 19.8 Å². The third kappa shape index (κ3) is 2.11. The van der Waals surface area contributed by atoms with E-state index < -0.39 is 0 Å². The van der Waals surface area contributed by atoms with E-state index in [1.54, 1.807) is 0 Å². The number of nitrogens with zero attached hydrogens (tertiary/aromatic N) is 1. The number of rotatable bonds is 1. The van der Waals surface area contributed by atoms with E-state index in [9.17, 15) is 5.11 Å². The van der Waals surface area contributed by atoms with Crippen LogP contribution in [0.3, 0.4) is 0 Å². The Morgan fingerprint density at radius 2 is 2.08 bits per heavy atom. The number of guanidine groups is 1.